The summed E-state index contributed by atoms with van der Waals surface area (Å²) in [5.41, 5.74) is 0.408. The van der Waals surface area contributed by atoms with Crippen molar-refractivity contribution in [3.8, 4) is 0 Å². The molecule has 0 saturated heterocycles. The highest BCUT2D eigenvalue weighted by Gasteiger charge is 2.16. The van der Waals surface area contributed by atoms with Gasteiger partial charge in [-0.2, -0.15) is 0 Å². The number of aromatic nitrogens is 1. The second-order valence-electron chi connectivity index (χ2n) is 3.11. The van der Waals surface area contributed by atoms with Crippen LogP contribution in [0.25, 0.3) is 0 Å². The van der Waals surface area contributed by atoms with Crippen LogP contribution in [0.3, 0.4) is 0 Å². The van der Waals surface area contributed by atoms with Gasteiger partial charge in [0.1, 0.15) is 16.3 Å². The van der Waals surface area contributed by atoms with E-state index < -0.39 is 11.9 Å². The highest BCUT2D eigenvalue weighted by atomic mass is 79.9. The molecule has 0 amide bonds. The van der Waals surface area contributed by atoms with E-state index in [4.69, 9.17) is 11.6 Å². The lowest BCUT2D eigenvalue weighted by atomic mass is 10.1. The summed E-state index contributed by atoms with van der Waals surface area (Å²) in [7, 11) is 0. The van der Waals surface area contributed by atoms with Crippen LogP contribution in [0.5, 0.6) is 0 Å². The molecule has 1 unspecified atom stereocenters. The van der Waals surface area contributed by atoms with Crippen molar-refractivity contribution in [1.29, 1.82) is 0 Å². The molecule has 2 rings (SSSR count). The molecule has 16 heavy (non-hydrogen) atoms. The average Bonchev–Trinajstić information content (AvgIpc) is 2.58. The predicted octanol–water partition coefficient (Wildman–Crippen LogP) is 3.78. The third-order valence-corrected chi connectivity index (χ3v) is 4.50. The fourth-order valence-electron chi connectivity index (χ4n) is 1.24. The number of halogens is 3. The first-order valence-electron chi connectivity index (χ1n) is 4.31. The zero-order chi connectivity index (χ0) is 11.7. The van der Waals surface area contributed by atoms with E-state index in [-0.39, 0.29) is 0 Å². The lowest BCUT2D eigenvalue weighted by Crippen LogP contribution is -1.98. The molecule has 2 aromatic heterocycles. The second kappa shape index (κ2) is 4.79. The maximum absolute atomic E-state index is 12.9. The van der Waals surface area contributed by atoms with Crippen molar-refractivity contribution >= 4 is 38.9 Å². The van der Waals surface area contributed by atoms with Crippen molar-refractivity contribution in [3.05, 3.63) is 49.6 Å². The number of rotatable bonds is 2. The minimum absolute atomic E-state index is 0.408. The van der Waals surface area contributed by atoms with Gasteiger partial charge in [-0.15, -0.1) is 11.3 Å². The van der Waals surface area contributed by atoms with Crippen molar-refractivity contribution in [2.24, 2.45) is 0 Å². The SMILES string of the molecule is OC(c1cncc(F)c1)c1cc(Br)c(Cl)s1. The van der Waals surface area contributed by atoms with Crippen molar-refractivity contribution in [3.63, 3.8) is 0 Å². The highest BCUT2D eigenvalue weighted by Crippen LogP contribution is 2.37. The molecular weight excluding hydrogens is 317 g/mol. The monoisotopic (exact) mass is 321 g/mol. The van der Waals surface area contributed by atoms with Crippen LogP contribution < -0.4 is 0 Å². The van der Waals surface area contributed by atoms with Gasteiger partial charge in [-0.05, 0) is 28.1 Å². The Morgan fingerprint density at radius 2 is 2.19 bits per heavy atom. The fourth-order valence-corrected chi connectivity index (χ4v) is 2.99. The normalized spacial score (nSPS) is 12.8. The summed E-state index contributed by atoms with van der Waals surface area (Å²) in [5, 5.41) is 9.98. The van der Waals surface area contributed by atoms with E-state index in [0.29, 0.717) is 14.8 Å². The molecule has 0 aliphatic heterocycles. The van der Waals surface area contributed by atoms with E-state index in [1.165, 1.54) is 23.6 Å². The van der Waals surface area contributed by atoms with Gasteiger partial charge in [0, 0.05) is 21.1 Å². The van der Waals surface area contributed by atoms with Gasteiger partial charge in [-0.1, -0.05) is 11.6 Å². The Hall–Kier alpha value is -0.490. The number of hydrogen-bond acceptors (Lipinski definition) is 3. The molecule has 0 radical (unpaired) electrons. The molecule has 0 bridgehead atoms. The summed E-state index contributed by atoms with van der Waals surface area (Å²) in [6.45, 7) is 0. The Kier molecular flexibility index (Phi) is 3.59. The number of hydrogen-bond donors (Lipinski definition) is 1. The average molecular weight is 323 g/mol. The minimum atomic E-state index is -0.906. The van der Waals surface area contributed by atoms with Gasteiger partial charge < -0.3 is 5.11 Å². The summed E-state index contributed by atoms with van der Waals surface area (Å²) in [4.78, 5) is 4.33. The van der Waals surface area contributed by atoms with Crippen LogP contribution in [0.2, 0.25) is 4.34 Å². The number of pyridine rings is 1. The Balaban J connectivity index is 2.35. The first kappa shape index (κ1) is 12.0. The standard InChI is InChI=1S/C10H6BrClFNOS/c11-7-2-8(16-10(7)12)9(15)5-1-6(13)4-14-3-5/h1-4,9,15H. The van der Waals surface area contributed by atoms with E-state index in [1.54, 1.807) is 6.07 Å². The van der Waals surface area contributed by atoms with Gasteiger partial charge in [0.2, 0.25) is 0 Å². The molecule has 1 N–H and O–H groups in total. The molecule has 0 aromatic carbocycles. The Bertz CT molecular complexity index is 500. The van der Waals surface area contributed by atoms with E-state index in [0.717, 1.165) is 10.7 Å². The molecule has 0 spiro atoms. The molecule has 2 nitrogen and oxygen atoms in total. The smallest absolute Gasteiger partial charge is 0.141 e. The maximum atomic E-state index is 12.9. The van der Waals surface area contributed by atoms with Crippen LogP contribution in [0.1, 0.15) is 16.5 Å². The fraction of sp³-hybridized carbons (Fsp3) is 0.100. The summed E-state index contributed by atoms with van der Waals surface area (Å²) >= 11 is 10.4. The van der Waals surface area contributed by atoms with Gasteiger partial charge in [0.15, 0.2) is 0 Å². The highest BCUT2D eigenvalue weighted by molar-refractivity contribution is 9.10. The number of thiophene rings is 1. The van der Waals surface area contributed by atoms with Gasteiger partial charge in [0.05, 0.1) is 6.20 Å². The lowest BCUT2D eigenvalue weighted by Gasteiger charge is -2.07. The summed E-state index contributed by atoms with van der Waals surface area (Å²) in [5.74, 6) is -0.474. The zero-order valence-electron chi connectivity index (χ0n) is 7.82. The maximum Gasteiger partial charge on any atom is 0.141 e. The number of aliphatic hydroxyl groups is 1. The predicted molar refractivity (Wildman–Crippen MR) is 65.3 cm³/mol. The number of aliphatic hydroxyl groups excluding tert-OH is 1. The van der Waals surface area contributed by atoms with Crippen molar-refractivity contribution < 1.29 is 9.50 Å². The molecule has 1 atom stereocenters. The van der Waals surface area contributed by atoms with Crippen LogP contribution in [0.4, 0.5) is 4.39 Å². The molecular formula is C10H6BrClFNOS. The minimum Gasteiger partial charge on any atom is -0.383 e. The van der Waals surface area contributed by atoms with Gasteiger partial charge >= 0.3 is 0 Å². The molecule has 2 aromatic rings. The Labute approximate surface area is 109 Å². The van der Waals surface area contributed by atoms with E-state index in [2.05, 4.69) is 20.9 Å². The molecule has 2 heterocycles. The topological polar surface area (TPSA) is 33.1 Å². The third kappa shape index (κ3) is 2.43. The second-order valence-corrected chi connectivity index (χ2v) is 5.65. The first-order chi connectivity index (χ1) is 7.58. The van der Waals surface area contributed by atoms with Crippen LogP contribution in [-0.2, 0) is 0 Å². The lowest BCUT2D eigenvalue weighted by molar-refractivity contribution is 0.223. The van der Waals surface area contributed by atoms with Crippen LogP contribution in [0.15, 0.2) is 29.0 Å². The number of nitrogens with zero attached hydrogens (tertiary/aromatic N) is 1. The van der Waals surface area contributed by atoms with Gasteiger partial charge in [-0.25, -0.2) is 4.39 Å². The van der Waals surface area contributed by atoms with Crippen molar-refractivity contribution in [1.82, 2.24) is 4.98 Å². The van der Waals surface area contributed by atoms with Crippen LogP contribution in [-0.4, -0.2) is 10.1 Å². The van der Waals surface area contributed by atoms with Gasteiger partial charge in [-0.3, -0.25) is 4.98 Å². The Morgan fingerprint density at radius 3 is 2.75 bits per heavy atom. The summed E-state index contributed by atoms with van der Waals surface area (Å²) in [6, 6.07) is 2.96. The van der Waals surface area contributed by atoms with Crippen molar-refractivity contribution in [2.75, 3.05) is 0 Å². The molecule has 84 valence electrons. The molecule has 0 saturated carbocycles. The van der Waals surface area contributed by atoms with Crippen molar-refractivity contribution in [2.45, 2.75) is 6.10 Å². The molecule has 0 aliphatic carbocycles. The van der Waals surface area contributed by atoms with E-state index in [1.807, 2.05) is 0 Å². The van der Waals surface area contributed by atoms with E-state index in [9.17, 15) is 9.50 Å². The third-order valence-electron chi connectivity index (χ3n) is 1.98. The largest absolute Gasteiger partial charge is 0.383 e. The molecule has 6 heteroatoms. The zero-order valence-corrected chi connectivity index (χ0v) is 11.0. The quantitative estimate of drug-likeness (QED) is 0.913. The Morgan fingerprint density at radius 1 is 1.44 bits per heavy atom. The summed E-state index contributed by atoms with van der Waals surface area (Å²) in [6.07, 6.45) is 1.61. The molecule has 0 fully saturated rings. The molecule has 0 aliphatic rings. The summed E-state index contributed by atoms with van der Waals surface area (Å²) < 4.78 is 14.2. The van der Waals surface area contributed by atoms with Crippen LogP contribution in [0, 0.1) is 5.82 Å². The van der Waals surface area contributed by atoms with Crippen LogP contribution >= 0.6 is 38.9 Å². The van der Waals surface area contributed by atoms with E-state index >= 15 is 0 Å². The van der Waals surface area contributed by atoms with Gasteiger partial charge in [0.25, 0.3) is 0 Å². The first-order valence-corrected chi connectivity index (χ1v) is 6.30.